The Bertz CT molecular complexity index is 1410. The van der Waals surface area contributed by atoms with Gasteiger partial charge in [0.05, 0.1) is 28.6 Å². The molecule has 1 atom stereocenters. The Hall–Kier alpha value is -4.05. The minimum atomic E-state index is -0.109. The number of rotatable bonds is 4. The van der Waals surface area contributed by atoms with E-state index in [0.717, 1.165) is 36.4 Å². The molecule has 0 spiro atoms. The first-order valence-corrected chi connectivity index (χ1v) is 11.6. The molecule has 10 nitrogen and oxygen atoms in total. The summed E-state index contributed by atoms with van der Waals surface area (Å²) >= 11 is 0. The number of fused-ring (bicyclic) bond motifs is 1. The number of nitrogens with zero attached hydrogens (tertiary/aromatic N) is 7. The Morgan fingerprint density at radius 2 is 2.00 bits per heavy atom. The molecule has 3 aromatic heterocycles. The SMILES string of the molecule is CC1CN(c2cccc3nc(-c4nc(-c5cc(C(=O)N(C)C)ccn5)cnc4N)n(C)c23)CCN1. The van der Waals surface area contributed by atoms with E-state index >= 15 is 0 Å². The Morgan fingerprint density at radius 3 is 2.77 bits per heavy atom. The maximum absolute atomic E-state index is 12.4. The number of anilines is 2. The van der Waals surface area contributed by atoms with Gasteiger partial charge in [0.25, 0.3) is 5.91 Å². The minimum absolute atomic E-state index is 0.109. The summed E-state index contributed by atoms with van der Waals surface area (Å²) in [7, 11) is 5.40. The second-order valence-corrected chi connectivity index (χ2v) is 9.06. The van der Waals surface area contributed by atoms with Crippen LogP contribution in [-0.4, -0.2) is 75.1 Å². The first kappa shape index (κ1) is 22.7. The number of carbonyl (C=O) groups excluding carboxylic acids is 1. The van der Waals surface area contributed by atoms with Gasteiger partial charge in [-0.1, -0.05) is 6.07 Å². The molecule has 1 aliphatic rings. The van der Waals surface area contributed by atoms with Crippen molar-refractivity contribution < 1.29 is 4.79 Å². The summed E-state index contributed by atoms with van der Waals surface area (Å²) in [6.45, 7) is 4.98. The fourth-order valence-electron chi connectivity index (χ4n) is 4.51. The molecule has 10 heteroatoms. The van der Waals surface area contributed by atoms with E-state index in [4.69, 9.17) is 15.7 Å². The van der Waals surface area contributed by atoms with Gasteiger partial charge < -0.3 is 25.4 Å². The molecule has 1 saturated heterocycles. The average Bonchev–Trinajstić information content (AvgIpc) is 3.20. The highest BCUT2D eigenvalue weighted by Gasteiger charge is 2.23. The molecule has 1 unspecified atom stereocenters. The number of nitrogens with one attached hydrogen (secondary N) is 1. The topological polar surface area (TPSA) is 118 Å². The lowest BCUT2D eigenvalue weighted by molar-refractivity contribution is 0.0827. The van der Waals surface area contributed by atoms with E-state index in [0.29, 0.717) is 34.5 Å². The molecule has 0 saturated carbocycles. The lowest BCUT2D eigenvalue weighted by Gasteiger charge is -2.34. The maximum atomic E-state index is 12.4. The van der Waals surface area contributed by atoms with Crippen LogP contribution in [-0.2, 0) is 7.05 Å². The maximum Gasteiger partial charge on any atom is 0.253 e. The average molecular weight is 472 g/mol. The lowest BCUT2D eigenvalue weighted by atomic mass is 10.1. The quantitative estimate of drug-likeness (QED) is 0.465. The van der Waals surface area contributed by atoms with Crippen LogP contribution in [0, 0.1) is 0 Å². The highest BCUT2D eigenvalue weighted by Crippen LogP contribution is 2.33. The predicted molar refractivity (Wildman–Crippen MR) is 137 cm³/mol. The number of para-hydroxylation sites is 1. The molecule has 1 fully saturated rings. The standard InChI is InChI=1S/C25H29N9O/c1-15-14-34(11-10-27-15)20-7-5-6-17-22(20)33(4)24(31-17)21-23(26)29-13-19(30-21)18-12-16(8-9-28-18)25(35)32(2)3/h5-9,12-13,15,27H,10-11,14H2,1-4H3,(H2,26,29). The van der Waals surface area contributed by atoms with Gasteiger partial charge in [-0.25, -0.2) is 15.0 Å². The van der Waals surface area contributed by atoms with E-state index < -0.39 is 0 Å². The van der Waals surface area contributed by atoms with Crippen molar-refractivity contribution in [2.24, 2.45) is 7.05 Å². The van der Waals surface area contributed by atoms with Crippen molar-refractivity contribution in [2.75, 3.05) is 44.4 Å². The van der Waals surface area contributed by atoms with Gasteiger partial charge in [-0.15, -0.1) is 0 Å². The second kappa shape index (κ2) is 8.95. The van der Waals surface area contributed by atoms with E-state index in [-0.39, 0.29) is 11.7 Å². The number of hydrogen-bond donors (Lipinski definition) is 2. The zero-order valence-electron chi connectivity index (χ0n) is 20.4. The fraction of sp³-hybridized carbons (Fsp3) is 0.320. The van der Waals surface area contributed by atoms with Crippen LogP contribution in [0.3, 0.4) is 0 Å². The molecule has 1 amide bonds. The third kappa shape index (κ3) is 4.17. The third-order valence-electron chi connectivity index (χ3n) is 6.27. The number of benzene rings is 1. The molecule has 1 aromatic carbocycles. The summed E-state index contributed by atoms with van der Waals surface area (Å²) < 4.78 is 2.03. The number of aryl methyl sites for hydroxylation is 1. The van der Waals surface area contributed by atoms with E-state index in [1.807, 2.05) is 23.7 Å². The Kier molecular flexibility index (Phi) is 5.81. The first-order valence-electron chi connectivity index (χ1n) is 11.6. The van der Waals surface area contributed by atoms with Gasteiger partial charge in [-0.05, 0) is 31.2 Å². The smallest absolute Gasteiger partial charge is 0.253 e. The van der Waals surface area contributed by atoms with Crippen LogP contribution in [0.1, 0.15) is 17.3 Å². The van der Waals surface area contributed by atoms with Crippen LogP contribution in [0.4, 0.5) is 11.5 Å². The highest BCUT2D eigenvalue weighted by molar-refractivity contribution is 5.95. The number of pyridine rings is 1. The number of imidazole rings is 1. The van der Waals surface area contributed by atoms with E-state index in [1.165, 1.54) is 4.90 Å². The van der Waals surface area contributed by atoms with Crippen molar-refractivity contribution in [3.63, 3.8) is 0 Å². The van der Waals surface area contributed by atoms with Crippen molar-refractivity contribution in [1.82, 2.24) is 34.7 Å². The van der Waals surface area contributed by atoms with Gasteiger partial charge in [-0.2, -0.15) is 0 Å². The van der Waals surface area contributed by atoms with Gasteiger partial charge in [-0.3, -0.25) is 9.78 Å². The van der Waals surface area contributed by atoms with E-state index in [9.17, 15) is 4.79 Å². The van der Waals surface area contributed by atoms with Crippen LogP contribution < -0.4 is 16.0 Å². The number of carbonyl (C=O) groups is 1. The Morgan fingerprint density at radius 1 is 1.17 bits per heavy atom. The van der Waals surface area contributed by atoms with E-state index in [2.05, 4.69) is 33.2 Å². The molecule has 1 aliphatic heterocycles. The Balaban J connectivity index is 1.59. The van der Waals surface area contributed by atoms with Crippen LogP contribution in [0.15, 0.2) is 42.7 Å². The molecule has 180 valence electrons. The van der Waals surface area contributed by atoms with Crippen LogP contribution in [0.5, 0.6) is 0 Å². The van der Waals surface area contributed by atoms with Gasteiger partial charge in [0.15, 0.2) is 11.6 Å². The molecular formula is C25H29N9O. The molecule has 3 N–H and O–H groups in total. The van der Waals surface area contributed by atoms with Crippen molar-refractivity contribution >= 4 is 28.4 Å². The van der Waals surface area contributed by atoms with E-state index in [1.54, 1.807) is 38.6 Å². The molecule has 4 heterocycles. The van der Waals surface area contributed by atoms with Gasteiger partial charge in [0.2, 0.25) is 0 Å². The second-order valence-electron chi connectivity index (χ2n) is 9.06. The predicted octanol–water partition coefficient (Wildman–Crippen LogP) is 2.17. The van der Waals surface area contributed by atoms with Crippen molar-refractivity contribution in [1.29, 1.82) is 0 Å². The molecule has 0 aliphatic carbocycles. The summed E-state index contributed by atoms with van der Waals surface area (Å²) in [6.07, 6.45) is 3.17. The monoisotopic (exact) mass is 471 g/mol. The Labute approximate surface area is 203 Å². The molecule has 4 aromatic rings. The summed E-state index contributed by atoms with van der Waals surface area (Å²) in [5.41, 5.74) is 11.4. The number of piperazine rings is 1. The zero-order valence-corrected chi connectivity index (χ0v) is 20.4. The van der Waals surface area contributed by atoms with Crippen molar-refractivity contribution in [3.05, 3.63) is 48.3 Å². The first-order chi connectivity index (χ1) is 16.8. The summed E-state index contributed by atoms with van der Waals surface area (Å²) in [5.74, 6) is 0.801. The normalized spacial score (nSPS) is 16.0. The highest BCUT2D eigenvalue weighted by atomic mass is 16.2. The minimum Gasteiger partial charge on any atom is -0.382 e. The zero-order chi connectivity index (χ0) is 24.7. The van der Waals surface area contributed by atoms with Gasteiger partial charge >= 0.3 is 0 Å². The number of amides is 1. The largest absolute Gasteiger partial charge is 0.382 e. The third-order valence-corrected chi connectivity index (χ3v) is 6.27. The van der Waals surface area contributed by atoms with Crippen molar-refractivity contribution in [2.45, 2.75) is 13.0 Å². The van der Waals surface area contributed by atoms with Crippen molar-refractivity contribution in [3.8, 4) is 22.9 Å². The molecule has 0 radical (unpaired) electrons. The molecule has 0 bridgehead atoms. The van der Waals surface area contributed by atoms with Crippen LogP contribution in [0.2, 0.25) is 0 Å². The summed E-state index contributed by atoms with van der Waals surface area (Å²) in [4.78, 5) is 34.8. The summed E-state index contributed by atoms with van der Waals surface area (Å²) in [6, 6.07) is 9.97. The molecule has 5 rings (SSSR count). The fourth-order valence-corrected chi connectivity index (χ4v) is 4.51. The molecule has 35 heavy (non-hydrogen) atoms. The number of nitrogen functional groups attached to an aromatic ring is 1. The van der Waals surface area contributed by atoms with Gasteiger partial charge in [0, 0.05) is 58.6 Å². The van der Waals surface area contributed by atoms with Crippen LogP contribution >= 0.6 is 0 Å². The number of aromatic nitrogens is 5. The van der Waals surface area contributed by atoms with Gasteiger partial charge in [0.1, 0.15) is 11.4 Å². The summed E-state index contributed by atoms with van der Waals surface area (Å²) in [5, 5.41) is 3.49. The molecular weight excluding hydrogens is 442 g/mol. The number of hydrogen-bond acceptors (Lipinski definition) is 8. The van der Waals surface area contributed by atoms with Crippen LogP contribution in [0.25, 0.3) is 33.9 Å². The lowest BCUT2D eigenvalue weighted by Crippen LogP contribution is -2.49. The number of nitrogens with two attached hydrogens (primary N) is 1.